The van der Waals surface area contributed by atoms with Crippen LogP contribution in [0.2, 0.25) is 0 Å². The van der Waals surface area contributed by atoms with Crippen LogP contribution in [0.1, 0.15) is 68.0 Å². The highest BCUT2D eigenvalue weighted by Crippen LogP contribution is 2.39. The van der Waals surface area contributed by atoms with Crippen molar-refractivity contribution in [2.45, 2.75) is 105 Å². The predicted molar refractivity (Wildman–Crippen MR) is 154 cm³/mol. The summed E-state index contributed by atoms with van der Waals surface area (Å²) in [5.41, 5.74) is 0.0205. The summed E-state index contributed by atoms with van der Waals surface area (Å²) in [6.07, 6.45) is -3.08. The van der Waals surface area contributed by atoms with Gasteiger partial charge in [0, 0.05) is 36.9 Å². The fraction of sp³-hybridized carbons (Fsp3) is 0.630. The van der Waals surface area contributed by atoms with Gasteiger partial charge in [0.15, 0.2) is 0 Å². The highest BCUT2D eigenvalue weighted by Gasteiger charge is 2.65. The number of hydrogen-bond donors (Lipinski definition) is 1. The van der Waals surface area contributed by atoms with Gasteiger partial charge in [-0.15, -0.1) is 0 Å². The van der Waals surface area contributed by atoms with E-state index in [1.807, 2.05) is 85.7 Å². The molecular weight excluding hydrogens is 568 g/mol. The Kier molecular flexibility index (Phi) is 10.2. The Hall–Kier alpha value is -1.99. The van der Waals surface area contributed by atoms with Crippen LogP contribution in [0.4, 0.5) is 0 Å². The number of ether oxygens (including phenoxy) is 1. The van der Waals surface area contributed by atoms with Crippen LogP contribution in [0.15, 0.2) is 46.0 Å². The van der Waals surface area contributed by atoms with Crippen molar-refractivity contribution in [2.75, 3.05) is 6.61 Å². The maximum atomic E-state index is 13.2. The zero-order valence-corrected chi connectivity index (χ0v) is 26.9. The van der Waals surface area contributed by atoms with E-state index in [2.05, 4.69) is 4.98 Å². The molecule has 2 saturated heterocycles. The first-order chi connectivity index (χ1) is 19.3. The summed E-state index contributed by atoms with van der Waals surface area (Å²) in [6, 6.07) is 10.6. The van der Waals surface area contributed by atoms with E-state index >= 15 is 0 Å². The number of hydrogen-bond acceptors (Lipinski definition) is 10. The van der Waals surface area contributed by atoms with Crippen molar-refractivity contribution in [3.8, 4) is 11.3 Å². The Labute approximate surface area is 242 Å². The second-order valence-electron chi connectivity index (χ2n) is 11.2. The third-order valence-electron chi connectivity index (χ3n) is 6.00. The highest BCUT2D eigenvalue weighted by atomic mass is 28.5. The Morgan fingerprint density at radius 2 is 1.39 bits per heavy atom. The molecule has 14 heteroatoms. The maximum absolute atomic E-state index is 13.2. The number of benzene rings is 1. The lowest BCUT2D eigenvalue weighted by molar-refractivity contribution is -0.144. The third-order valence-corrected chi connectivity index (χ3v) is 12.2. The molecule has 0 amide bonds. The van der Waals surface area contributed by atoms with E-state index < -0.39 is 47.8 Å². The standard InChI is InChI=1S/C27H42N2O10Si2/c1-17(2)34-40(35-18(3)4)32-16-24-23(38-41(39-40,36-19(5)6)37-20(7)8)15-26(33-24)29-22(14-25(30)28-27(29)31)21-12-10-9-11-13-21/h9-14,17-20,23-24,26H,15-16H2,1-8H3,(H,28,30,31)/t23-,24+,26+/m0/s1. The number of aromatic amines is 1. The first-order valence-electron chi connectivity index (χ1n) is 14.1. The number of nitrogens with zero attached hydrogens (tertiary/aromatic N) is 1. The number of rotatable bonds is 10. The molecular formula is C27H42N2O10Si2. The molecule has 0 radical (unpaired) electrons. The van der Waals surface area contributed by atoms with Crippen LogP contribution < -0.4 is 11.2 Å². The Morgan fingerprint density at radius 1 is 0.829 bits per heavy atom. The van der Waals surface area contributed by atoms with Gasteiger partial charge in [0.25, 0.3) is 5.56 Å². The molecule has 0 spiro atoms. The molecule has 0 aliphatic carbocycles. The van der Waals surface area contributed by atoms with Gasteiger partial charge < -0.3 is 35.4 Å². The number of fused-ring (bicyclic) bond motifs is 1. The number of nitrogens with one attached hydrogen (secondary N) is 1. The van der Waals surface area contributed by atoms with E-state index in [9.17, 15) is 9.59 Å². The maximum Gasteiger partial charge on any atom is 0.674 e. The fourth-order valence-corrected chi connectivity index (χ4v) is 10.8. The highest BCUT2D eigenvalue weighted by molar-refractivity contribution is 6.68. The fourth-order valence-electron chi connectivity index (χ4n) is 4.76. The van der Waals surface area contributed by atoms with Crippen molar-refractivity contribution in [3.63, 3.8) is 0 Å². The van der Waals surface area contributed by atoms with Crippen molar-refractivity contribution in [1.29, 1.82) is 0 Å². The summed E-state index contributed by atoms with van der Waals surface area (Å²) in [5, 5.41) is 0. The molecule has 12 nitrogen and oxygen atoms in total. The van der Waals surface area contributed by atoms with E-state index in [0.717, 1.165) is 0 Å². The topological polar surface area (TPSA) is 129 Å². The van der Waals surface area contributed by atoms with Gasteiger partial charge in [-0.2, -0.15) is 0 Å². The van der Waals surface area contributed by atoms with Crippen molar-refractivity contribution >= 4 is 18.1 Å². The largest absolute Gasteiger partial charge is 0.674 e. The second-order valence-corrected chi connectivity index (χ2v) is 15.4. The summed E-state index contributed by atoms with van der Waals surface area (Å²) in [6.45, 7) is 14.9. The quantitative estimate of drug-likeness (QED) is 0.399. The molecule has 3 atom stereocenters. The molecule has 0 unspecified atom stereocenters. The van der Waals surface area contributed by atoms with Crippen molar-refractivity contribution < 1.29 is 35.4 Å². The van der Waals surface area contributed by atoms with Gasteiger partial charge in [-0.25, -0.2) is 4.79 Å². The zero-order valence-electron chi connectivity index (χ0n) is 24.9. The van der Waals surface area contributed by atoms with Gasteiger partial charge in [0.05, 0.1) is 18.4 Å². The molecule has 1 aromatic heterocycles. The zero-order chi connectivity index (χ0) is 29.9. The average molecular weight is 611 g/mol. The van der Waals surface area contributed by atoms with Crippen LogP contribution in [0, 0.1) is 0 Å². The van der Waals surface area contributed by atoms with Crippen LogP contribution in [-0.4, -0.2) is 70.9 Å². The lowest BCUT2D eigenvalue weighted by atomic mass is 10.1. The van der Waals surface area contributed by atoms with E-state index in [0.29, 0.717) is 11.3 Å². The summed E-state index contributed by atoms with van der Waals surface area (Å²) in [4.78, 5) is 27.9. The Bertz CT molecular complexity index is 1250. The van der Waals surface area contributed by atoms with Crippen LogP contribution in [0.25, 0.3) is 11.3 Å². The van der Waals surface area contributed by atoms with Crippen molar-refractivity contribution in [3.05, 3.63) is 57.2 Å². The van der Waals surface area contributed by atoms with Crippen molar-refractivity contribution in [2.24, 2.45) is 0 Å². The summed E-state index contributed by atoms with van der Waals surface area (Å²) in [5.74, 6) is 0. The van der Waals surface area contributed by atoms with Crippen LogP contribution >= 0.6 is 0 Å². The predicted octanol–water partition coefficient (Wildman–Crippen LogP) is 3.49. The second kappa shape index (κ2) is 13.1. The van der Waals surface area contributed by atoms with E-state index in [1.54, 1.807) is 0 Å². The Balaban J connectivity index is 1.78. The lowest BCUT2D eigenvalue weighted by Gasteiger charge is -2.42. The van der Waals surface area contributed by atoms with Gasteiger partial charge in [0.2, 0.25) is 0 Å². The minimum Gasteiger partial charge on any atom is -0.349 e. The minimum atomic E-state index is -4.02. The molecule has 4 rings (SSSR count). The number of aromatic nitrogens is 2. The molecule has 2 aliphatic rings. The first kappa shape index (κ1) is 31.9. The van der Waals surface area contributed by atoms with Crippen LogP contribution in [0.3, 0.4) is 0 Å². The molecule has 2 aromatic rings. The average Bonchev–Trinajstić information content (AvgIpc) is 3.21. The molecule has 228 valence electrons. The van der Waals surface area contributed by atoms with Crippen molar-refractivity contribution in [1.82, 2.24) is 9.55 Å². The van der Waals surface area contributed by atoms with E-state index in [1.165, 1.54) is 10.6 Å². The lowest BCUT2D eigenvalue weighted by Crippen LogP contribution is -2.67. The molecule has 0 saturated carbocycles. The van der Waals surface area contributed by atoms with Crippen LogP contribution in [0.5, 0.6) is 0 Å². The minimum absolute atomic E-state index is 0.0133. The third kappa shape index (κ3) is 7.90. The number of H-pyrrole nitrogens is 1. The smallest absolute Gasteiger partial charge is 0.349 e. The molecule has 2 fully saturated rings. The van der Waals surface area contributed by atoms with E-state index in [-0.39, 0.29) is 37.4 Å². The summed E-state index contributed by atoms with van der Waals surface area (Å²) < 4.78 is 52.6. The normalized spacial score (nSPS) is 24.1. The molecule has 1 N–H and O–H groups in total. The SMILES string of the molecule is CC(C)O[Si]1(OC(C)C)OC[C@H]2O[C@@H](n3c(-c4ccccc4)cc(=O)[nH]c3=O)C[C@@H]2O[Si](OC(C)C)(OC(C)C)O1. The molecule has 2 aliphatic heterocycles. The van der Waals surface area contributed by atoms with Gasteiger partial charge in [0.1, 0.15) is 12.3 Å². The Morgan fingerprint density at radius 3 is 1.95 bits per heavy atom. The molecule has 0 bridgehead atoms. The van der Waals surface area contributed by atoms with Gasteiger partial charge >= 0.3 is 23.8 Å². The summed E-state index contributed by atoms with van der Waals surface area (Å²) in [7, 11) is -7.93. The van der Waals surface area contributed by atoms with Gasteiger partial charge in [-0.05, 0) is 61.0 Å². The van der Waals surface area contributed by atoms with E-state index in [4.69, 9.17) is 35.4 Å². The van der Waals surface area contributed by atoms with Gasteiger partial charge in [-0.3, -0.25) is 14.3 Å². The molecule has 1 aromatic carbocycles. The van der Waals surface area contributed by atoms with Crippen LogP contribution in [-0.2, 0) is 35.4 Å². The van der Waals surface area contributed by atoms with Gasteiger partial charge in [-0.1, -0.05) is 30.3 Å². The first-order valence-corrected chi connectivity index (χ1v) is 17.4. The monoisotopic (exact) mass is 610 g/mol. The molecule has 41 heavy (non-hydrogen) atoms. The molecule has 3 heterocycles. The summed E-state index contributed by atoms with van der Waals surface area (Å²) >= 11 is 0.